The van der Waals surface area contributed by atoms with Crippen LogP contribution >= 0.6 is 0 Å². The smallest absolute Gasteiger partial charge is 0.254 e. The zero-order chi connectivity index (χ0) is 22.9. The number of nitrogen functional groups attached to an aromatic ring is 1. The minimum atomic E-state index is -1.34. The summed E-state index contributed by atoms with van der Waals surface area (Å²) in [5.41, 5.74) is 11.3. The summed E-state index contributed by atoms with van der Waals surface area (Å²) in [5, 5.41) is 21.8. The third-order valence-electron chi connectivity index (χ3n) is 5.67. The molecular weight excluding hydrogens is 414 g/mol. The van der Waals surface area contributed by atoms with Crippen LogP contribution in [0.5, 0.6) is 5.75 Å². The van der Waals surface area contributed by atoms with E-state index in [9.17, 15) is 15.0 Å². The molecule has 0 bridgehead atoms. The zero-order valence-electron chi connectivity index (χ0n) is 17.8. The summed E-state index contributed by atoms with van der Waals surface area (Å²) in [6.07, 6.45) is 2.01. The van der Waals surface area contributed by atoms with E-state index in [-0.39, 0.29) is 31.2 Å². The van der Waals surface area contributed by atoms with Gasteiger partial charge < -0.3 is 35.9 Å². The van der Waals surface area contributed by atoms with Gasteiger partial charge in [-0.25, -0.2) is 15.0 Å². The number of ether oxygens (including phenoxy) is 1. The average Bonchev–Trinajstić information content (AvgIpc) is 3.14. The molecule has 170 valence electrons. The van der Waals surface area contributed by atoms with Crippen molar-refractivity contribution in [2.24, 2.45) is 5.73 Å². The van der Waals surface area contributed by atoms with E-state index >= 15 is 0 Å². The lowest BCUT2D eigenvalue weighted by Crippen LogP contribution is -2.42. The molecule has 0 radical (unpaired) electrons. The number of aromatic nitrogens is 4. The minimum Gasteiger partial charge on any atom is -0.492 e. The van der Waals surface area contributed by atoms with Crippen LogP contribution in [0, 0.1) is 0 Å². The number of amides is 1. The first-order chi connectivity index (χ1) is 15.3. The van der Waals surface area contributed by atoms with Crippen molar-refractivity contribution in [3.05, 3.63) is 42.5 Å². The van der Waals surface area contributed by atoms with Gasteiger partial charge in [0.05, 0.1) is 24.1 Å². The molecule has 1 amide bonds. The SMILES string of the molecule is C[C@@]1(O)C[C@H](O)CN(C(=O)c2cccc(OCCN)c2)C[C@H]1n1cnc2c(N)ncnc21. The first kappa shape index (κ1) is 21.9. The summed E-state index contributed by atoms with van der Waals surface area (Å²) in [4.78, 5) is 27.4. The number of imidazole rings is 1. The molecule has 32 heavy (non-hydrogen) atoms. The average molecular weight is 441 g/mol. The van der Waals surface area contributed by atoms with Gasteiger partial charge in [0.2, 0.25) is 0 Å². The van der Waals surface area contributed by atoms with E-state index in [1.165, 1.54) is 17.6 Å². The van der Waals surface area contributed by atoms with E-state index in [4.69, 9.17) is 16.2 Å². The number of aliphatic hydroxyl groups excluding tert-OH is 1. The number of carbonyl (C=O) groups is 1. The number of anilines is 1. The Morgan fingerprint density at radius 2 is 2.12 bits per heavy atom. The van der Waals surface area contributed by atoms with Crippen molar-refractivity contribution in [2.75, 3.05) is 32.0 Å². The molecule has 1 aliphatic rings. The largest absolute Gasteiger partial charge is 0.492 e. The Hall–Kier alpha value is -3.28. The zero-order valence-corrected chi connectivity index (χ0v) is 17.8. The van der Waals surface area contributed by atoms with Gasteiger partial charge in [-0.05, 0) is 25.1 Å². The van der Waals surface area contributed by atoms with Gasteiger partial charge >= 0.3 is 0 Å². The number of hydrogen-bond acceptors (Lipinski definition) is 9. The lowest BCUT2D eigenvalue weighted by molar-refractivity contribution is -0.0217. The molecule has 4 rings (SSSR count). The van der Waals surface area contributed by atoms with Gasteiger partial charge in [0.15, 0.2) is 11.5 Å². The number of fused-ring (bicyclic) bond motifs is 1. The maximum Gasteiger partial charge on any atom is 0.254 e. The standard InChI is InChI=1S/C21H27N7O4/c1-21(31)8-14(29)9-27(20(30)13-3-2-4-15(7-13)32-6-5-22)10-16(21)28-12-26-17-18(23)24-11-25-19(17)28/h2-4,7,11-12,14,16,29,31H,5-6,8-10,22H2,1H3,(H2,23,24,25)/t14-,16+,21+/m0/s1. The molecule has 3 atom stereocenters. The molecular formula is C21H27N7O4. The highest BCUT2D eigenvalue weighted by atomic mass is 16.5. The van der Waals surface area contributed by atoms with E-state index in [0.29, 0.717) is 35.6 Å². The lowest BCUT2D eigenvalue weighted by atomic mass is 9.91. The molecule has 3 aromatic rings. The molecule has 2 aromatic heterocycles. The maximum absolute atomic E-state index is 13.4. The fourth-order valence-electron chi connectivity index (χ4n) is 4.14. The molecule has 11 nitrogen and oxygen atoms in total. The van der Waals surface area contributed by atoms with Crippen molar-refractivity contribution in [2.45, 2.75) is 31.1 Å². The fraction of sp³-hybridized carbons (Fsp3) is 0.429. The van der Waals surface area contributed by atoms with E-state index in [0.717, 1.165) is 0 Å². The number of benzene rings is 1. The Bertz CT molecular complexity index is 1120. The molecule has 1 aromatic carbocycles. The summed E-state index contributed by atoms with van der Waals surface area (Å²) in [6.45, 7) is 2.53. The Morgan fingerprint density at radius 1 is 1.31 bits per heavy atom. The molecule has 1 fully saturated rings. The van der Waals surface area contributed by atoms with Crippen LogP contribution in [0.1, 0.15) is 29.7 Å². The summed E-state index contributed by atoms with van der Waals surface area (Å²) in [6, 6.07) is 6.17. The molecule has 0 aliphatic carbocycles. The van der Waals surface area contributed by atoms with Gasteiger partial charge in [-0.15, -0.1) is 0 Å². The van der Waals surface area contributed by atoms with Crippen LogP contribution in [-0.2, 0) is 0 Å². The van der Waals surface area contributed by atoms with Gasteiger partial charge in [0.25, 0.3) is 5.91 Å². The topological polar surface area (TPSA) is 166 Å². The number of hydrogen-bond donors (Lipinski definition) is 4. The van der Waals surface area contributed by atoms with Crippen LogP contribution in [0.2, 0.25) is 0 Å². The van der Waals surface area contributed by atoms with E-state index < -0.39 is 17.7 Å². The third-order valence-corrected chi connectivity index (χ3v) is 5.67. The quantitative estimate of drug-likeness (QED) is 0.424. The number of aliphatic hydroxyl groups is 2. The van der Waals surface area contributed by atoms with Crippen LogP contribution in [0.15, 0.2) is 36.9 Å². The summed E-state index contributed by atoms with van der Waals surface area (Å²) in [5.74, 6) is 0.473. The third kappa shape index (κ3) is 4.22. The van der Waals surface area contributed by atoms with Crippen LogP contribution in [0.4, 0.5) is 5.82 Å². The van der Waals surface area contributed by atoms with Gasteiger partial charge in [0.1, 0.15) is 24.2 Å². The monoisotopic (exact) mass is 441 g/mol. The predicted molar refractivity (Wildman–Crippen MR) is 117 cm³/mol. The van der Waals surface area contributed by atoms with Gasteiger partial charge in [-0.1, -0.05) is 6.07 Å². The van der Waals surface area contributed by atoms with Crippen LogP contribution < -0.4 is 16.2 Å². The Balaban J connectivity index is 1.68. The number of nitrogens with zero attached hydrogens (tertiary/aromatic N) is 5. The molecule has 1 saturated heterocycles. The fourth-order valence-corrected chi connectivity index (χ4v) is 4.14. The Labute approximate surface area is 184 Å². The van der Waals surface area contributed by atoms with Crippen LogP contribution in [-0.4, -0.2) is 78.5 Å². The Morgan fingerprint density at radius 3 is 2.91 bits per heavy atom. The summed E-state index contributed by atoms with van der Waals surface area (Å²) < 4.78 is 7.22. The summed E-state index contributed by atoms with van der Waals surface area (Å²) >= 11 is 0. The van der Waals surface area contributed by atoms with Crippen molar-refractivity contribution in [1.29, 1.82) is 0 Å². The van der Waals surface area contributed by atoms with Crippen molar-refractivity contribution < 1.29 is 19.7 Å². The van der Waals surface area contributed by atoms with Crippen LogP contribution in [0.25, 0.3) is 11.2 Å². The number of rotatable bonds is 5. The molecule has 0 saturated carbocycles. The predicted octanol–water partition coefficient (Wildman–Crippen LogP) is -0.0549. The number of carbonyl (C=O) groups excluding carboxylic acids is 1. The van der Waals surface area contributed by atoms with Crippen molar-refractivity contribution in [3.8, 4) is 5.75 Å². The first-order valence-corrected chi connectivity index (χ1v) is 10.4. The van der Waals surface area contributed by atoms with Gasteiger partial charge in [-0.2, -0.15) is 0 Å². The van der Waals surface area contributed by atoms with Crippen molar-refractivity contribution in [1.82, 2.24) is 24.4 Å². The molecule has 0 spiro atoms. The minimum absolute atomic E-state index is 0.0708. The highest BCUT2D eigenvalue weighted by Crippen LogP contribution is 2.34. The second-order valence-corrected chi connectivity index (χ2v) is 8.19. The second-order valence-electron chi connectivity index (χ2n) is 8.19. The van der Waals surface area contributed by atoms with Gasteiger partial charge in [-0.3, -0.25) is 4.79 Å². The maximum atomic E-state index is 13.4. The number of β-amino-alcohol motifs (C(OH)–C–C–N with tert-alkyl or cyclic N) is 1. The van der Waals surface area contributed by atoms with Crippen molar-refractivity contribution >= 4 is 22.9 Å². The highest BCUT2D eigenvalue weighted by molar-refractivity contribution is 5.94. The first-order valence-electron chi connectivity index (χ1n) is 10.4. The molecule has 3 heterocycles. The van der Waals surface area contributed by atoms with Gasteiger partial charge in [0, 0.05) is 31.6 Å². The normalized spacial score (nSPS) is 23.8. The number of likely N-dealkylation sites (tertiary alicyclic amines) is 1. The molecule has 0 unspecified atom stereocenters. The van der Waals surface area contributed by atoms with E-state index in [1.54, 1.807) is 35.8 Å². The second kappa shape index (κ2) is 8.69. The number of nitrogens with two attached hydrogens (primary N) is 2. The van der Waals surface area contributed by atoms with E-state index in [2.05, 4.69) is 15.0 Å². The highest BCUT2D eigenvalue weighted by Gasteiger charge is 2.42. The summed E-state index contributed by atoms with van der Waals surface area (Å²) in [7, 11) is 0. The molecule has 6 N–H and O–H groups in total. The molecule has 11 heteroatoms. The van der Waals surface area contributed by atoms with E-state index in [1.807, 2.05) is 0 Å². The Kier molecular flexibility index (Phi) is 5.96. The van der Waals surface area contributed by atoms with Crippen molar-refractivity contribution in [3.63, 3.8) is 0 Å². The molecule has 1 aliphatic heterocycles. The lowest BCUT2D eigenvalue weighted by Gasteiger charge is -2.34. The van der Waals surface area contributed by atoms with Crippen LogP contribution in [0.3, 0.4) is 0 Å².